The van der Waals surface area contributed by atoms with Crippen LogP contribution in [0.1, 0.15) is 50.3 Å². The van der Waals surface area contributed by atoms with Gasteiger partial charge >= 0.3 is 0 Å². The molecule has 1 aromatic rings. The Kier molecular flexibility index (Phi) is 4.09. The van der Waals surface area contributed by atoms with E-state index in [1.54, 1.807) is 0 Å². The highest BCUT2D eigenvalue weighted by atomic mass is 35.5. The van der Waals surface area contributed by atoms with E-state index in [0.29, 0.717) is 5.41 Å². The first-order valence-corrected chi connectivity index (χ1v) is 7.10. The maximum absolute atomic E-state index is 6.67. The fraction of sp³-hybridized carbons (Fsp3) is 0.667. The summed E-state index contributed by atoms with van der Waals surface area (Å²) < 4.78 is 0. The zero-order valence-electron chi connectivity index (χ0n) is 10.9. The first-order chi connectivity index (χ1) is 8.12. The molecule has 17 heavy (non-hydrogen) atoms. The summed E-state index contributed by atoms with van der Waals surface area (Å²) in [5.41, 5.74) is 2.74. The predicted octanol–water partition coefficient (Wildman–Crippen LogP) is 4.51. The van der Waals surface area contributed by atoms with E-state index in [9.17, 15) is 0 Å². The van der Waals surface area contributed by atoms with Crippen molar-refractivity contribution in [2.75, 3.05) is 0 Å². The molecule has 2 heteroatoms. The molecule has 0 aromatic carbocycles. The summed E-state index contributed by atoms with van der Waals surface area (Å²) in [4.78, 5) is 4.46. The van der Waals surface area contributed by atoms with E-state index in [2.05, 4.69) is 24.9 Å². The fourth-order valence-corrected chi connectivity index (χ4v) is 3.19. The number of hydrogen-bond acceptors (Lipinski definition) is 1. The van der Waals surface area contributed by atoms with Crippen molar-refractivity contribution >= 4 is 11.6 Å². The van der Waals surface area contributed by atoms with Crippen molar-refractivity contribution in [1.82, 2.24) is 4.98 Å². The van der Waals surface area contributed by atoms with Gasteiger partial charge in [-0.05, 0) is 36.8 Å². The number of hydrogen-bond donors (Lipinski definition) is 0. The van der Waals surface area contributed by atoms with Crippen molar-refractivity contribution in [3.63, 3.8) is 0 Å². The van der Waals surface area contributed by atoms with Gasteiger partial charge in [0.15, 0.2) is 0 Å². The predicted molar refractivity (Wildman–Crippen MR) is 73.5 cm³/mol. The summed E-state index contributed by atoms with van der Waals surface area (Å²) in [6.45, 7) is 4.47. The van der Waals surface area contributed by atoms with Gasteiger partial charge in [0.1, 0.15) is 0 Å². The van der Waals surface area contributed by atoms with Gasteiger partial charge in [-0.1, -0.05) is 32.3 Å². The lowest BCUT2D eigenvalue weighted by Gasteiger charge is -2.37. The smallest absolute Gasteiger partial charge is 0.0447 e. The minimum atomic E-state index is 0.219. The molecule has 0 amide bonds. The second-order valence-electron chi connectivity index (χ2n) is 5.65. The molecule has 2 rings (SSSR count). The van der Waals surface area contributed by atoms with Crippen LogP contribution in [0.15, 0.2) is 18.3 Å². The van der Waals surface area contributed by atoms with Crippen LogP contribution in [0.4, 0.5) is 0 Å². The molecule has 1 aliphatic rings. The van der Waals surface area contributed by atoms with Crippen LogP contribution in [0.5, 0.6) is 0 Å². The molecule has 0 aliphatic heterocycles. The number of aromatic nitrogens is 1. The Bertz CT molecular complexity index is 369. The molecule has 1 fully saturated rings. The lowest BCUT2D eigenvalue weighted by atomic mass is 9.72. The molecule has 1 heterocycles. The van der Waals surface area contributed by atoms with Crippen molar-refractivity contribution in [2.45, 2.75) is 57.7 Å². The Morgan fingerprint density at radius 1 is 1.35 bits per heavy atom. The van der Waals surface area contributed by atoms with Crippen LogP contribution in [0.25, 0.3) is 0 Å². The van der Waals surface area contributed by atoms with E-state index in [1.165, 1.54) is 43.4 Å². The second kappa shape index (κ2) is 5.39. The zero-order chi connectivity index (χ0) is 12.3. The van der Waals surface area contributed by atoms with E-state index in [0.717, 1.165) is 6.42 Å². The summed E-state index contributed by atoms with van der Waals surface area (Å²) in [5, 5.41) is 0.219. The molecular weight excluding hydrogens is 230 g/mol. The summed E-state index contributed by atoms with van der Waals surface area (Å²) in [6, 6.07) is 4.11. The molecule has 0 saturated heterocycles. The first-order valence-electron chi connectivity index (χ1n) is 6.66. The number of aryl methyl sites for hydroxylation is 1. The van der Waals surface area contributed by atoms with Crippen molar-refractivity contribution in [3.05, 3.63) is 29.6 Å². The van der Waals surface area contributed by atoms with Crippen molar-refractivity contribution in [3.8, 4) is 0 Å². The van der Waals surface area contributed by atoms with E-state index < -0.39 is 0 Å². The van der Waals surface area contributed by atoms with Crippen molar-refractivity contribution < 1.29 is 0 Å². The molecule has 1 nitrogen and oxygen atoms in total. The van der Waals surface area contributed by atoms with Gasteiger partial charge in [0.2, 0.25) is 0 Å². The molecule has 1 atom stereocenters. The number of nitrogens with zero attached hydrogens (tertiary/aromatic N) is 1. The van der Waals surface area contributed by atoms with Crippen LogP contribution in [-0.4, -0.2) is 10.4 Å². The Balaban J connectivity index is 2.05. The summed E-state index contributed by atoms with van der Waals surface area (Å²) in [7, 11) is 0. The van der Waals surface area contributed by atoms with Gasteiger partial charge in [-0.15, -0.1) is 11.6 Å². The number of pyridine rings is 1. The molecule has 0 bridgehead atoms. The third-order valence-corrected chi connectivity index (χ3v) is 4.92. The topological polar surface area (TPSA) is 12.9 Å². The third kappa shape index (κ3) is 3.01. The molecular formula is C15H22ClN. The minimum Gasteiger partial charge on any atom is -0.261 e. The summed E-state index contributed by atoms with van der Waals surface area (Å²) >= 11 is 6.67. The first kappa shape index (κ1) is 12.9. The average molecular weight is 252 g/mol. The maximum Gasteiger partial charge on any atom is 0.0447 e. The van der Waals surface area contributed by atoms with Crippen LogP contribution in [-0.2, 0) is 6.42 Å². The summed E-state index contributed by atoms with van der Waals surface area (Å²) in [6.07, 6.45) is 9.36. The maximum atomic E-state index is 6.67. The van der Waals surface area contributed by atoms with Crippen molar-refractivity contribution in [1.29, 1.82) is 0 Å². The molecule has 1 aliphatic carbocycles. The summed E-state index contributed by atoms with van der Waals surface area (Å²) in [5.74, 6) is 0. The van der Waals surface area contributed by atoms with Gasteiger partial charge < -0.3 is 0 Å². The van der Waals surface area contributed by atoms with E-state index in [-0.39, 0.29) is 5.38 Å². The minimum absolute atomic E-state index is 0.219. The van der Waals surface area contributed by atoms with Crippen LogP contribution >= 0.6 is 11.6 Å². The van der Waals surface area contributed by atoms with Gasteiger partial charge in [-0.25, -0.2) is 0 Å². The number of rotatable bonds is 3. The molecule has 1 saturated carbocycles. The van der Waals surface area contributed by atoms with Gasteiger partial charge in [0, 0.05) is 23.7 Å². The lowest BCUT2D eigenvalue weighted by molar-refractivity contribution is 0.204. The highest BCUT2D eigenvalue weighted by molar-refractivity contribution is 6.21. The van der Waals surface area contributed by atoms with Crippen LogP contribution < -0.4 is 0 Å². The van der Waals surface area contributed by atoms with Gasteiger partial charge in [-0.3, -0.25) is 4.98 Å². The SMILES string of the molecule is Cc1cccnc1CC(Cl)C1(C)CCCCC1. The molecule has 1 unspecified atom stereocenters. The Morgan fingerprint density at radius 3 is 2.71 bits per heavy atom. The molecule has 1 aromatic heterocycles. The lowest BCUT2D eigenvalue weighted by Crippen LogP contribution is -2.32. The van der Waals surface area contributed by atoms with E-state index in [1.807, 2.05) is 12.3 Å². The van der Waals surface area contributed by atoms with Gasteiger partial charge in [0.05, 0.1) is 0 Å². The van der Waals surface area contributed by atoms with E-state index >= 15 is 0 Å². The van der Waals surface area contributed by atoms with Crippen LogP contribution in [0.2, 0.25) is 0 Å². The molecule has 94 valence electrons. The average Bonchev–Trinajstić information content (AvgIpc) is 2.33. The Morgan fingerprint density at radius 2 is 2.06 bits per heavy atom. The molecule has 0 spiro atoms. The highest BCUT2D eigenvalue weighted by Crippen LogP contribution is 2.42. The van der Waals surface area contributed by atoms with Crippen LogP contribution in [0, 0.1) is 12.3 Å². The highest BCUT2D eigenvalue weighted by Gasteiger charge is 2.34. The Labute approximate surface area is 110 Å². The van der Waals surface area contributed by atoms with Crippen molar-refractivity contribution in [2.24, 2.45) is 5.41 Å². The largest absolute Gasteiger partial charge is 0.261 e. The van der Waals surface area contributed by atoms with Crippen LogP contribution in [0.3, 0.4) is 0 Å². The van der Waals surface area contributed by atoms with E-state index in [4.69, 9.17) is 11.6 Å². The fourth-order valence-electron chi connectivity index (χ4n) is 2.82. The third-order valence-electron chi connectivity index (χ3n) is 4.24. The molecule has 0 N–H and O–H groups in total. The normalized spacial score (nSPS) is 21.1. The Hall–Kier alpha value is -0.560. The van der Waals surface area contributed by atoms with Gasteiger partial charge in [0.25, 0.3) is 0 Å². The van der Waals surface area contributed by atoms with Gasteiger partial charge in [-0.2, -0.15) is 0 Å². The zero-order valence-corrected chi connectivity index (χ0v) is 11.6. The second-order valence-corrected chi connectivity index (χ2v) is 6.18. The number of halogens is 1. The number of alkyl halides is 1. The monoisotopic (exact) mass is 251 g/mol. The standard InChI is InChI=1S/C15H22ClN/c1-12-7-6-10-17-13(12)11-14(16)15(2)8-4-3-5-9-15/h6-7,10,14H,3-5,8-9,11H2,1-2H3. The molecule has 0 radical (unpaired) electrons. The quantitative estimate of drug-likeness (QED) is 0.721.